The van der Waals surface area contributed by atoms with E-state index in [9.17, 15) is 5.11 Å². The van der Waals surface area contributed by atoms with Crippen LogP contribution < -0.4 is 10.6 Å². The maximum absolute atomic E-state index is 9.20. The van der Waals surface area contributed by atoms with Gasteiger partial charge >= 0.3 is 0 Å². The molecule has 0 aliphatic carbocycles. The number of hydrogen-bond acceptors (Lipinski definition) is 5. The smallest absolute Gasteiger partial charge is 0.295 e. The Kier molecular flexibility index (Phi) is 4.02. The van der Waals surface area contributed by atoms with Gasteiger partial charge < -0.3 is 20.2 Å². The zero-order chi connectivity index (χ0) is 14.5. The lowest BCUT2D eigenvalue weighted by Gasteiger charge is -2.05. The van der Waals surface area contributed by atoms with Gasteiger partial charge in [-0.2, -0.15) is 4.98 Å². The molecule has 1 aromatic heterocycles. The molecule has 0 bridgehead atoms. The minimum absolute atomic E-state index is 0.288. The van der Waals surface area contributed by atoms with E-state index in [1.165, 1.54) is 0 Å². The van der Waals surface area contributed by atoms with Gasteiger partial charge in [0.05, 0.1) is 0 Å². The standard InChI is InChI=1S/C16H17N3O2/c20-13-7-5-12(6-8-13)11-17-9-10-18-16-19-14-3-1-2-4-15(14)21-16/h1-8,17,20H,9-11H2,(H,18,19). The molecule has 5 nitrogen and oxygen atoms in total. The Morgan fingerprint density at radius 1 is 1.00 bits per heavy atom. The molecular weight excluding hydrogens is 266 g/mol. The summed E-state index contributed by atoms with van der Waals surface area (Å²) in [5.41, 5.74) is 2.78. The summed E-state index contributed by atoms with van der Waals surface area (Å²) >= 11 is 0. The highest BCUT2D eigenvalue weighted by Gasteiger charge is 2.03. The molecule has 108 valence electrons. The van der Waals surface area contributed by atoms with E-state index in [0.717, 1.165) is 36.3 Å². The average Bonchev–Trinajstić information content (AvgIpc) is 2.91. The molecule has 1 heterocycles. The molecule has 2 aromatic carbocycles. The van der Waals surface area contributed by atoms with Crippen LogP contribution in [0.2, 0.25) is 0 Å². The van der Waals surface area contributed by atoms with Crippen LogP contribution in [0.15, 0.2) is 52.9 Å². The maximum atomic E-state index is 9.20. The number of oxazole rings is 1. The molecule has 0 spiro atoms. The number of hydrogen-bond donors (Lipinski definition) is 3. The zero-order valence-corrected chi connectivity index (χ0v) is 11.5. The highest BCUT2D eigenvalue weighted by Crippen LogP contribution is 2.17. The molecule has 0 aliphatic heterocycles. The summed E-state index contributed by atoms with van der Waals surface area (Å²) in [6.45, 7) is 2.28. The fraction of sp³-hybridized carbons (Fsp3) is 0.188. The summed E-state index contributed by atoms with van der Waals surface area (Å²) in [4.78, 5) is 4.34. The number of rotatable bonds is 6. The normalized spacial score (nSPS) is 10.9. The molecule has 0 fully saturated rings. The zero-order valence-electron chi connectivity index (χ0n) is 11.5. The molecule has 0 saturated heterocycles. The first-order valence-corrected chi connectivity index (χ1v) is 6.89. The van der Waals surface area contributed by atoms with E-state index in [1.807, 2.05) is 36.4 Å². The molecule has 0 unspecified atom stereocenters. The Bertz CT molecular complexity index is 674. The van der Waals surface area contributed by atoms with E-state index in [4.69, 9.17) is 4.42 Å². The summed E-state index contributed by atoms with van der Waals surface area (Å²) in [7, 11) is 0. The number of benzene rings is 2. The predicted molar refractivity (Wildman–Crippen MR) is 82.3 cm³/mol. The van der Waals surface area contributed by atoms with Crippen molar-refractivity contribution in [1.82, 2.24) is 10.3 Å². The molecule has 0 radical (unpaired) electrons. The summed E-state index contributed by atoms with van der Waals surface area (Å²) in [6, 6.07) is 15.4. The van der Waals surface area contributed by atoms with Gasteiger partial charge in [-0.1, -0.05) is 24.3 Å². The number of phenols is 1. The van der Waals surface area contributed by atoms with Crippen LogP contribution in [0.5, 0.6) is 5.75 Å². The van der Waals surface area contributed by atoms with Crippen LogP contribution >= 0.6 is 0 Å². The van der Waals surface area contributed by atoms with Crippen molar-refractivity contribution in [2.75, 3.05) is 18.4 Å². The largest absolute Gasteiger partial charge is 0.508 e. The molecule has 3 rings (SSSR count). The molecule has 3 N–H and O–H groups in total. The first kappa shape index (κ1) is 13.5. The Labute approximate surface area is 122 Å². The minimum Gasteiger partial charge on any atom is -0.508 e. The topological polar surface area (TPSA) is 70.3 Å². The van der Waals surface area contributed by atoms with Gasteiger partial charge in [0, 0.05) is 19.6 Å². The van der Waals surface area contributed by atoms with E-state index in [2.05, 4.69) is 15.6 Å². The van der Waals surface area contributed by atoms with Crippen LogP contribution in [0.4, 0.5) is 6.01 Å². The minimum atomic E-state index is 0.288. The SMILES string of the molecule is Oc1ccc(CNCCNc2nc3ccccc3o2)cc1. The van der Waals surface area contributed by atoms with Crippen molar-refractivity contribution in [3.05, 3.63) is 54.1 Å². The van der Waals surface area contributed by atoms with Crippen molar-refractivity contribution >= 4 is 17.1 Å². The summed E-state index contributed by atoms with van der Waals surface area (Å²) < 4.78 is 5.57. The molecule has 3 aromatic rings. The van der Waals surface area contributed by atoms with Crippen LogP contribution in [0, 0.1) is 0 Å². The van der Waals surface area contributed by atoms with Crippen LogP contribution in [-0.2, 0) is 6.54 Å². The third-order valence-corrected chi connectivity index (χ3v) is 3.14. The van der Waals surface area contributed by atoms with Crippen LogP contribution in [0.3, 0.4) is 0 Å². The van der Waals surface area contributed by atoms with Crippen LogP contribution in [0.1, 0.15) is 5.56 Å². The fourth-order valence-electron chi connectivity index (χ4n) is 2.05. The Hall–Kier alpha value is -2.53. The number of phenolic OH excluding ortho intramolecular Hbond substituents is 1. The molecular formula is C16H17N3O2. The Balaban J connectivity index is 1.42. The van der Waals surface area contributed by atoms with Crippen molar-refractivity contribution in [2.24, 2.45) is 0 Å². The lowest BCUT2D eigenvalue weighted by molar-refractivity contribution is 0.475. The van der Waals surface area contributed by atoms with Crippen molar-refractivity contribution < 1.29 is 9.52 Å². The number of fused-ring (bicyclic) bond motifs is 1. The lowest BCUT2D eigenvalue weighted by atomic mass is 10.2. The summed E-state index contributed by atoms with van der Waals surface area (Å²) in [6.07, 6.45) is 0. The third kappa shape index (κ3) is 3.52. The van der Waals surface area contributed by atoms with Crippen molar-refractivity contribution in [2.45, 2.75) is 6.54 Å². The van der Waals surface area contributed by atoms with Gasteiger partial charge in [-0.05, 0) is 29.8 Å². The van der Waals surface area contributed by atoms with Gasteiger partial charge in [0.1, 0.15) is 11.3 Å². The first-order valence-electron chi connectivity index (χ1n) is 6.89. The predicted octanol–water partition coefficient (Wildman–Crippen LogP) is 2.74. The number of anilines is 1. The number of aromatic nitrogens is 1. The van der Waals surface area contributed by atoms with Gasteiger partial charge in [0.15, 0.2) is 5.58 Å². The number of aromatic hydroxyl groups is 1. The molecule has 0 aliphatic rings. The molecule has 0 atom stereocenters. The molecule has 21 heavy (non-hydrogen) atoms. The first-order chi connectivity index (χ1) is 10.3. The average molecular weight is 283 g/mol. The highest BCUT2D eigenvalue weighted by molar-refractivity contribution is 5.74. The van der Waals surface area contributed by atoms with Gasteiger partial charge in [-0.25, -0.2) is 0 Å². The van der Waals surface area contributed by atoms with Crippen molar-refractivity contribution in [3.63, 3.8) is 0 Å². The maximum Gasteiger partial charge on any atom is 0.295 e. The van der Waals surface area contributed by atoms with E-state index < -0.39 is 0 Å². The number of nitrogens with one attached hydrogen (secondary N) is 2. The number of nitrogens with zero attached hydrogens (tertiary/aromatic N) is 1. The van der Waals surface area contributed by atoms with E-state index in [0.29, 0.717) is 6.01 Å². The van der Waals surface area contributed by atoms with Gasteiger partial charge in [-0.3, -0.25) is 0 Å². The second kappa shape index (κ2) is 6.28. The third-order valence-electron chi connectivity index (χ3n) is 3.14. The van der Waals surface area contributed by atoms with Crippen LogP contribution in [0.25, 0.3) is 11.1 Å². The Morgan fingerprint density at radius 3 is 2.62 bits per heavy atom. The van der Waals surface area contributed by atoms with Gasteiger partial charge in [0.25, 0.3) is 6.01 Å². The van der Waals surface area contributed by atoms with Gasteiger partial charge in [-0.15, -0.1) is 0 Å². The monoisotopic (exact) mass is 283 g/mol. The number of para-hydroxylation sites is 2. The highest BCUT2D eigenvalue weighted by atomic mass is 16.4. The van der Waals surface area contributed by atoms with E-state index >= 15 is 0 Å². The van der Waals surface area contributed by atoms with E-state index in [1.54, 1.807) is 12.1 Å². The fourth-order valence-corrected chi connectivity index (χ4v) is 2.05. The van der Waals surface area contributed by atoms with Gasteiger partial charge in [0.2, 0.25) is 0 Å². The summed E-state index contributed by atoms with van der Waals surface area (Å²) in [5.74, 6) is 0.288. The Morgan fingerprint density at radius 2 is 1.81 bits per heavy atom. The lowest BCUT2D eigenvalue weighted by Crippen LogP contribution is -2.21. The van der Waals surface area contributed by atoms with Crippen LogP contribution in [-0.4, -0.2) is 23.2 Å². The van der Waals surface area contributed by atoms with Crippen molar-refractivity contribution in [1.29, 1.82) is 0 Å². The quantitative estimate of drug-likeness (QED) is 0.607. The molecule has 0 amide bonds. The second-order valence-electron chi connectivity index (χ2n) is 4.76. The summed E-state index contributed by atoms with van der Waals surface area (Å²) in [5, 5.41) is 15.7. The van der Waals surface area contributed by atoms with E-state index in [-0.39, 0.29) is 5.75 Å². The molecule has 0 saturated carbocycles. The molecule has 5 heteroatoms. The van der Waals surface area contributed by atoms with Crippen molar-refractivity contribution in [3.8, 4) is 5.75 Å². The second-order valence-corrected chi connectivity index (χ2v) is 4.76.